The summed E-state index contributed by atoms with van der Waals surface area (Å²) in [6.45, 7) is 3.54. The number of aromatic nitrogens is 2. The third-order valence-electron chi connectivity index (χ3n) is 3.40. The fourth-order valence-electron chi connectivity index (χ4n) is 2.53. The van der Waals surface area contributed by atoms with Crippen molar-refractivity contribution in [3.8, 4) is 5.69 Å². The highest BCUT2D eigenvalue weighted by Gasteiger charge is 2.23. The lowest BCUT2D eigenvalue weighted by atomic mass is 10.2. The largest absolute Gasteiger partial charge is 0.378 e. The van der Waals surface area contributed by atoms with Gasteiger partial charge in [0.1, 0.15) is 5.82 Å². The van der Waals surface area contributed by atoms with E-state index in [2.05, 4.69) is 10.4 Å². The summed E-state index contributed by atoms with van der Waals surface area (Å²) >= 11 is 6.01. The molecule has 0 amide bonds. The first kappa shape index (κ1) is 12.5. The van der Waals surface area contributed by atoms with Crippen LogP contribution in [0.5, 0.6) is 0 Å². The highest BCUT2D eigenvalue weighted by Crippen LogP contribution is 2.30. The van der Waals surface area contributed by atoms with Gasteiger partial charge in [0.05, 0.1) is 18.0 Å². The lowest BCUT2D eigenvalue weighted by molar-refractivity contribution is 0.180. The fraction of sp³-hybridized carbons (Fsp3) is 0.357. The number of hydrogen-bond donors (Lipinski definition) is 1. The van der Waals surface area contributed by atoms with Crippen LogP contribution in [0.4, 0.5) is 5.82 Å². The number of nitrogens with one attached hydrogen (secondary N) is 1. The molecule has 100 valence electrons. The van der Waals surface area contributed by atoms with Gasteiger partial charge in [0.25, 0.3) is 0 Å². The predicted molar refractivity (Wildman–Crippen MR) is 76.2 cm³/mol. The van der Waals surface area contributed by atoms with Gasteiger partial charge in [0.15, 0.2) is 0 Å². The minimum Gasteiger partial charge on any atom is -0.378 e. The standard InChI is InChI=1S/C14H16ClN3O/c1-9-7-10(15)3-4-13(9)18-14-11(5-6-16-14)12(17-18)8-19-2/h3-4,7,16H,5-6,8H2,1-2H3. The fourth-order valence-corrected chi connectivity index (χ4v) is 2.76. The Morgan fingerprint density at radius 3 is 3.05 bits per heavy atom. The Bertz CT molecular complexity index is 621. The molecule has 1 aliphatic heterocycles. The van der Waals surface area contributed by atoms with Crippen LogP contribution in [0.25, 0.3) is 5.69 Å². The number of nitrogens with zero attached hydrogens (tertiary/aromatic N) is 2. The quantitative estimate of drug-likeness (QED) is 0.937. The van der Waals surface area contributed by atoms with E-state index in [1.165, 1.54) is 5.56 Å². The number of anilines is 1. The Morgan fingerprint density at radius 1 is 1.47 bits per heavy atom. The average molecular weight is 278 g/mol. The first-order valence-electron chi connectivity index (χ1n) is 6.31. The molecule has 1 aliphatic rings. The minimum atomic E-state index is 0.545. The molecule has 0 radical (unpaired) electrons. The zero-order chi connectivity index (χ0) is 13.4. The normalized spacial score (nSPS) is 13.4. The van der Waals surface area contributed by atoms with E-state index in [1.807, 2.05) is 29.8 Å². The highest BCUT2D eigenvalue weighted by atomic mass is 35.5. The molecule has 1 aromatic heterocycles. The summed E-state index contributed by atoms with van der Waals surface area (Å²) in [4.78, 5) is 0. The van der Waals surface area contributed by atoms with Gasteiger partial charge in [0, 0.05) is 24.2 Å². The first-order chi connectivity index (χ1) is 9.20. The third kappa shape index (κ3) is 2.11. The summed E-state index contributed by atoms with van der Waals surface area (Å²) in [5.41, 5.74) is 4.43. The molecule has 0 bridgehead atoms. The van der Waals surface area contributed by atoms with Gasteiger partial charge in [-0.2, -0.15) is 5.10 Å². The molecule has 0 unspecified atom stereocenters. The third-order valence-corrected chi connectivity index (χ3v) is 3.64. The molecule has 2 aromatic rings. The maximum absolute atomic E-state index is 6.01. The molecule has 0 saturated heterocycles. The van der Waals surface area contributed by atoms with Crippen LogP contribution in [0, 0.1) is 6.92 Å². The van der Waals surface area contributed by atoms with Crippen molar-refractivity contribution in [2.45, 2.75) is 20.0 Å². The second-order valence-electron chi connectivity index (χ2n) is 4.73. The van der Waals surface area contributed by atoms with Crippen LogP contribution in [0.3, 0.4) is 0 Å². The molecule has 0 spiro atoms. The van der Waals surface area contributed by atoms with E-state index in [0.717, 1.165) is 40.8 Å². The molecule has 5 heteroatoms. The van der Waals surface area contributed by atoms with E-state index in [-0.39, 0.29) is 0 Å². The molecule has 0 saturated carbocycles. The Balaban J connectivity index is 2.12. The summed E-state index contributed by atoms with van der Waals surface area (Å²) in [5, 5.41) is 8.81. The molecule has 1 aromatic carbocycles. The van der Waals surface area contributed by atoms with Gasteiger partial charge in [-0.15, -0.1) is 0 Å². The second kappa shape index (κ2) is 4.87. The Kier molecular flexibility index (Phi) is 3.21. The van der Waals surface area contributed by atoms with E-state index in [9.17, 15) is 0 Å². The number of hydrogen-bond acceptors (Lipinski definition) is 3. The van der Waals surface area contributed by atoms with Crippen LogP contribution in [0.1, 0.15) is 16.8 Å². The van der Waals surface area contributed by atoms with E-state index in [1.54, 1.807) is 7.11 Å². The topological polar surface area (TPSA) is 39.1 Å². The first-order valence-corrected chi connectivity index (χ1v) is 6.68. The molecule has 1 N–H and O–H groups in total. The number of aryl methyl sites for hydroxylation is 1. The predicted octanol–water partition coefficient (Wildman–Crippen LogP) is 2.95. The van der Waals surface area contributed by atoms with Gasteiger partial charge in [0.2, 0.25) is 0 Å². The van der Waals surface area contributed by atoms with Crippen molar-refractivity contribution >= 4 is 17.4 Å². The molecule has 2 heterocycles. The van der Waals surface area contributed by atoms with Crippen molar-refractivity contribution in [2.75, 3.05) is 19.0 Å². The van der Waals surface area contributed by atoms with Gasteiger partial charge < -0.3 is 10.1 Å². The Morgan fingerprint density at radius 2 is 2.32 bits per heavy atom. The summed E-state index contributed by atoms with van der Waals surface area (Å²) in [7, 11) is 1.70. The van der Waals surface area contributed by atoms with E-state index >= 15 is 0 Å². The van der Waals surface area contributed by atoms with Crippen molar-refractivity contribution in [3.05, 3.63) is 40.0 Å². The summed E-state index contributed by atoms with van der Waals surface area (Å²) in [6.07, 6.45) is 1.00. The van der Waals surface area contributed by atoms with Crippen LogP contribution in [-0.4, -0.2) is 23.4 Å². The van der Waals surface area contributed by atoms with E-state index < -0.39 is 0 Å². The van der Waals surface area contributed by atoms with Crippen LogP contribution < -0.4 is 5.32 Å². The van der Waals surface area contributed by atoms with Crippen molar-refractivity contribution in [1.29, 1.82) is 0 Å². The van der Waals surface area contributed by atoms with Gasteiger partial charge in [-0.1, -0.05) is 11.6 Å². The number of methoxy groups -OCH3 is 1. The van der Waals surface area contributed by atoms with Gasteiger partial charge in [-0.3, -0.25) is 0 Å². The van der Waals surface area contributed by atoms with Crippen LogP contribution >= 0.6 is 11.6 Å². The van der Waals surface area contributed by atoms with Crippen molar-refractivity contribution in [2.24, 2.45) is 0 Å². The van der Waals surface area contributed by atoms with E-state index in [4.69, 9.17) is 16.3 Å². The Hall–Kier alpha value is -1.52. The van der Waals surface area contributed by atoms with Crippen LogP contribution in [-0.2, 0) is 17.8 Å². The van der Waals surface area contributed by atoms with Gasteiger partial charge >= 0.3 is 0 Å². The van der Waals surface area contributed by atoms with Gasteiger partial charge in [-0.05, 0) is 37.1 Å². The molecule has 0 atom stereocenters. The monoisotopic (exact) mass is 277 g/mol. The summed E-state index contributed by atoms with van der Waals surface area (Å²) in [6, 6.07) is 5.85. The van der Waals surface area contributed by atoms with Crippen LogP contribution in [0.2, 0.25) is 5.02 Å². The average Bonchev–Trinajstić information content (AvgIpc) is 2.94. The maximum Gasteiger partial charge on any atom is 0.133 e. The van der Waals surface area contributed by atoms with Gasteiger partial charge in [-0.25, -0.2) is 4.68 Å². The molecule has 4 nitrogen and oxygen atoms in total. The Labute approximate surface area is 117 Å². The number of halogens is 1. The lowest BCUT2D eigenvalue weighted by Gasteiger charge is -2.09. The van der Waals surface area contributed by atoms with Crippen molar-refractivity contribution < 1.29 is 4.74 Å². The smallest absolute Gasteiger partial charge is 0.133 e. The zero-order valence-corrected chi connectivity index (χ0v) is 11.8. The summed E-state index contributed by atoms with van der Waals surface area (Å²) < 4.78 is 7.19. The summed E-state index contributed by atoms with van der Waals surface area (Å²) in [5.74, 6) is 1.08. The van der Waals surface area contributed by atoms with E-state index in [0.29, 0.717) is 6.61 Å². The number of rotatable bonds is 3. The molecule has 19 heavy (non-hydrogen) atoms. The highest BCUT2D eigenvalue weighted by molar-refractivity contribution is 6.30. The maximum atomic E-state index is 6.01. The molecular weight excluding hydrogens is 262 g/mol. The SMILES string of the molecule is COCc1nn(-c2ccc(Cl)cc2C)c2c1CCN2. The lowest BCUT2D eigenvalue weighted by Crippen LogP contribution is -2.06. The molecular formula is C14H16ClN3O. The number of fused-ring (bicyclic) bond motifs is 1. The molecule has 3 rings (SSSR count). The van der Waals surface area contributed by atoms with Crippen LogP contribution in [0.15, 0.2) is 18.2 Å². The minimum absolute atomic E-state index is 0.545. The second-order valence-corrected chi connectivity index (χ2v) is 5.16. The number of ether oxygens (including phenoxy) is 1. The number of benzene rings is 1. The van der Waals surface area contributed by atoms with Crippen molar-refractivity contribution in [3.63, 3.8) is 0 Å². The van der Waals surface area contributed by atoms with Crippen molar-refractivity contribution in [1.82, 2.24) is 9.78 Å². The zero-order valence-electron chi connectivity index (χ0n) is 11.0. The molecule has 0 fully saturated rings. The molecule has 0 aliphatic carbocycles.